The van der Waals surface area contributed by atoms with E-state index in [0.717, 1.165) is 26.9 Å². The number of nitrogens with one attached hydrogen (secondary N) is 1. The molecule has 1 aliphatic rings. The summed E-state index contributed by atoms with van der Waals surface area (Å²) >= 11 is 11.1. The third-order valence-corrected chi connectivity index (χ3v) is 6.41. The van der Waals surface area contributed by atoms with Crippen LogP contribution in [0.25, 0.3) is 6.08 Å². The fourth-order valence-electron chi connectivity index (χ4n) is 2.86. The first-order chi connectivity index (χ1) is 15.0. The van der Waals surface area contributed by atoms with Crippen LogP contribution in [-0.4, -0.2) is 11.1 Å². The number of hydrogen-bond donors (Lipinski definition) is 1. The Morgan fingerprint density at radius 1 is 1.13 bits per heavy atom. The van der Waals surface area contributed by atoms with Gasteiger partial charge in [-0.05, 0) is 76.6 Å². The summed E-state index contributed by atoms with van der Waals surface area (Å²) in [4.78, 5) is 17.4. The molecule has 7 heteroatoms. The van der Waals surface area contributed by atoms with Crippen LogP contribution in [0.4, 0.5) is 5.69 Å². The van der Waals surface area contributed by atoms with Gasteiger partial charge in [0.05, 0.1) is 15.1 Å². The molecule has 1 N–H and O–H groups in total. The van der Waals surface area contributed by atoms with Crippen molar-refractivity contribution >= 4 is 62.1 Å². The molecule has 4 nitrogen and oxygen atoms in total. The minimum atomic E-state index is -0.161. The lowest BCUT2D eigenvalue weighted by Gasteiger charge is -2.10. The number of halogens is 2. The van der Waals surface area contributed by atoms with E-state index in [4.69, 9.17) is 16.3 Å². The molecule has 31 heavy (non-hydrogen) atoms. The van der Waals surface area contributed by atoms with Gasteiger partial charge in [-0.3, -0.25) is 4.79 Å². The second kappa shape index (κ2) is 9.73. The van der Waals surface area contributed by atoms with Crippen LogP contribution in [0.1, 0.15) is 16.7 Å². The molecule has 3 aromatic rings. The van der Waals surface area contributed by atoms with Gasteiger partial charge in [-0.15, -0.1) is 0 Å². The lowest BCUT2D eigenvalue weighted by atomic mass is 10.2. The highest BCUT2D eigenvalue weighted by atomic mass is 79.9. The largest absolute Gasteiger partial charge is 0.488 e. The molecule has 4 rings (SSSR count). The number of amidine groups is 1. The Labute approximate surface area is 198 Å². The number of ether oxygens (including phenoxy) is 1. The van der Waals surface area contributed by atoms with Gasteiger partial charge < -0.3 is 10.1 Å². The van der Waals surface area contributed by atoms with E-state index >= 15 is 0 Å². The van der Waals surface area contributed by atoms with Crippen LogP contribution in [0.3, 0.4) is 0 Å². The van der Waals surface area contributed by atoms with Crippen LogP contribution in [0.2, 0.25) is 5.02 Å². The Hall–Kier alpha value is -2.54. The molecule has 0 spiro atoms. The molecule has 1 aliphatic heterocycles. The first-order valence-electron chi connectivity index (χ1n) is 9.50. The van der Waals surface area contributed by atoms with Gasteiger partial charge in [0.25, 0.3) is 5.91 Å². The second-order valence-corrected chi connectivity index (χ2v) is 9.18. The lowest BCUT2D eigenvalue weighted by Crippen LogP contribution is -2.19. The van der Waals surface area contributed by atoms with Crippen molar-refractivity contribution in [2.24, 2.45) is 4.99 Å². The third-order valence-electron chi connectivity index (χ3n) is 4.51. The van der Waals surface area contributed by atoms with Crippen LogP contribution in [0, 0.1) is 6.92 Å². The molecule has 0 bridgehead atoms. The minimum absolute atomic E-state index is 0.161. The van der Waals surface area contributed by atoms with Crippen molar-refractivity contribution in [3.05, 3.63) is 97.8 Å². The van der Waals surface area contributed by atoms with Gasteiger partial charge in [-0.2, -0.15) is 0 Å². The highest BCUT2D eigenvalue weighted by molar-refractivity contribution is 9.10. The van der Waals surface area contributed by atoms with Crippen molar-refractivity contribution in [2.45, 2.75) is 13.5 Å². The number of rotatable bonds is 5. The summed E-state index contributed by atoms with van der Waals surface area (Å²) in [5.41, 5.74) is 3.77. The van der Waals surface area contributed by atoms with Gasteiger partial charge in [0.15, 0.2) is 5.17 Å². The van der Waals surface area contributed by atoms with Crippen molar-refractivity contribution in [2.75, 3.05) is 0 Å². The Bertz CT molecular complexity index is 1190. The maximum Gasteiger partial charge on any atom is 0.264 e. The van der Waals surface area contributed by atoms with E-state index < -0.39 is 0 Å². The summed E-state index contributed by atoms with van der Waals surface area (Å²) < 4.78 is 6.68. The Morgan fingerprint density at radius 3 is 2.65 bits per heavy atom. The molecule has 1 saturated heterocycles. The van der Waals surface area contributed by atoms with Gasteiger partial charge in [0.2, 0.25) is 0 Å². The zero-order chi connectivity index (χ0) is 21.8. The maximum atomic E-state index is 12.3. The summed E-state index contributed by atoms with van der Waals surface area (Å²) in [6, 6.07) is 21.1. The van der Waals surface area contributed by atoms with Crippen molar-refractivity contribution in [3.8, 4) is 5.75 Å². The number of aliphatic imine (C=N–C) groups is 1. The predicted molar refractivity (Wildman–Crippen MR) is 132 cm³/mol. The van der Waals surface area contributed by atoms with Gasteiger partial charge in [-0.25, -0.2) is 4.99 Å². The van der Waals surface area contributed by atoms with Crippen molar-refractivity contribution in [3.63, 3.8) is 0 Å². The van der Waals surface area contributed by atoms with Crippen LogP contribution in [0.15, 0.2) is 81.1 Å². The summed E-state index contributed by atoms with van der Waals surface area (Å²) in [5, 5.41) is 4.06. The van der Waals surface area contributed by atoms with Gasteiger partial charge in [0, 0.05) is 10.6 Å². The SMILES string of the molecule is Cc1ccc(N=C2NC(=O)/C(=C/c3ccc(OCc4ccccc4Cl)c(Br)c3)S2)cc1. The quantitative estimate of drug-likeness (QED) is 0.378. The third kappa shape index (κ3) is 5.58. The van der Waals surface area contributed by atoms with Crippen molar-refractivity contribution < 1.29 is 9.53 Å². The van der Waals surface area contributed by atoms with E-state index in [-0.39, 0.29) is 5.91 Å². The average molecular weight is 514 g/mol. The number of nitrogens with zero attached hydrogens (tertiary/aromatic N) is 1. The predicted octanol–water partition coefficient (Wildman–Crippen LogP) is 6.88. The zero-order valence-corrected chi connectivity index (χ0v) is 19.7. The van der Waals surface area contributed by atoms with E-state index in [1.54, 1.807) is 0 Å². The number of carbonyl (C=O) groups excluding carboxylic acids is 1. The first-order valence-corrected chi connectivity index (χ1v) is 11.5. The van der Waals surface area contributed by atoms with Gasteiger partial charge in [0.1, 0.15) is 12.4 Å². The molecule has 0 unspecified atom stereocenters. The number of hydrogen-bond acceptors (Lipinski definition) is 4. The molecule has 1 fully saturated rings. The normalized spacial score (nSPS) is 16.0. The summed E-state index contributed by atoms with van der Waals surface area (Å²) in [6.07, 6.45) is 1.83. The molecule has 1 amide bonds. The highest BCUT2D eigenvalue weighted by Crippen LogP contribution is 2.32. The molecule has 1 heterocycles. The topological polar surface area (TPSA) is 50.7 Å². The van der Waals surface area contributed by atoms with E-state index in [1.807, 2.05) is 79.7 Å². The van der Waals surface area contributed by atoms with Crippen LogP contribution in [0.5, 0.6) is 5.75 Å². The monoisotopic (exact) mass is 512 g/mol. The Balaban J connectivity index is 1.46. The Morgan fingerprint density at radius 2 is 1.90 bits per heavy atom. The lowest BCUT2D eigenvalue weighted by molar-refractivity contribution is -0.115. The Kier molecular flexibility index (Phi) is 6.80. The highest BCUT2D eigenvalue weighted by Gasteiger charge is 2.23. The number of carbonyl (C=O) groups is 1. The van der Waals surface area contributed by atoms with Crippen LogP contribution >= 0.6 is 39.3 Å². The summed E-state index contributed by atoms with van der Waals surface area (Å²) in [7, 11) is 0. The summed E-state index contributed by atoms with van der Waals surface area (Å²) in [5.74, 6) is 0.540. The molecule has 156 valence electrons. The van der Waals surface area contributed by atoms with Crippen LogP contribution in [-0.2, 0) is 11.4 Å². The van der Waals surface area contributed by atoms with Gasteiger partial charge >= 0.3 is 0 Å². The smallest absolute Gasteiger partial charge is 0.264 e. The second-order valence-electron chi connectivity index (χ2n) is 6.89. The minimum Gasteiger partial charge on any atom is -0.488 e. The van der Waals surface area contributed by atoms with Crippen molar-refractivity contribution in [1.82, 2.24) is 5.32 Å². The summed E-state index contributed by atoms with van der Waals surface area (Å²) in [6.45, 7) is 2.39. The fourth-order valence-corrected chi connectivity index (χ4v) is 4.41. The zero-order valence-electron chi connectivity index (χ0n) is 16.6. The molecule has 0 aliphatic carbocycles. The van der Waals surface area contributed by atoms with E-state index in [9.17, 15) is 4.79 Å². The number of benzene rings is 3. The molecule has 3 aromatic carbocycles. The molecule has 0 aromatic heterocycles. The van der Waals surface area contributed by atoms with E-state index in [1.165, 1.54) is 11.8 Å². The number of aryl methyl sites for hydroxylation is 1. The van der Waals surface area contributed by atoms with E-state index in [0.29, 0.717) is 27.5 Å². The molecule has 0 saturated carbocycles. The molecule has 0 radical (unpaired) electrons. The van der Waals surface area contributed by atoms with Crippen molar-refractivity contribution in [1.29, 1.82) is 0 Å². The van der Waals surface area contributed by atoms with Crippen LogP contribution < -0.4 is 10.1 Å². The average Bonchev–Trinajstić information content (AvgIpc) is 3.09. The molecular formula is C24H18BrClN2O2S. The van der Waals surface area contributed by atoms with E-state index in [2.05, 4.69) is 26.2 Å². The fraction of sp³-hybridized carbons (Fsp3) is 0.0833. The molecule has 0 atom stereocenters. The van der Waals surface area contributed by atoms with Gasteiger partial charge in [-0.1, -0.05) is 53.6 Å². The first kappa shape index (κ1) is 21.7. The number of thioether (sulfide) groups is 1. The number of amides is 1. The molecular weight excluding hydrogens is 496 g/mol. The standard InChI is InChI=1S/C24H18BrClN2O2S/c1-15-6-9-18(10-7-15)27-24-28-23(29)22(31-24)13-16-8-11-21(19(25)12-16)30-14-17-4-2-3-5-20(17)26/h2-13H,14H2,1H3,(H,27,28,29)/b22-13-. The maximum absolute atomic E-state index is 12.3.